The van der Waals surface area contributed by atoms with E-state index in [2.05, 4.69) is 16.8 Å². The van der Waals surface area contributed by atoms with E-state index >= 15 is 0 Å². The molecule has 72 valence electrons. The summed E-state index contributed by atoms with van der Waals surface area (Å²) in [6.07, 6.45) is -0.0556. The smallest absolute Gasteiger partial charge is 0.365 e. The van der Waals surface area contributed by atoms with Crippen molar-refractivity contribution < 1.29 is 14.7 Å². The summed E-state index contributed by atoms with van der Waals surface area (Å²) in [6, 6.07) is 0. The van der Waals surface area contributed by atoms with Gasteiger partial charge in [-0.2, -0.15) is 0 Å². The summed E-state index contributed by atoms with van der Waals surface area (Å²) < 4.78 is 0. The van der Waals surface area contributed by atoms with Crippen molar-refractivity contribution in [3.8, 4) is 11.8 Å². The van der Waals surface area contributed by atoms with Gasteiger partial charge >= 0.3 is 5.97 Å². The Morgan fingerprint density at radius 2 is 2.36 bits per heavy atom. The molecule has 0 saturated heterocycles. The van der Waals surface area contributed by atoms with Gasteiger partial charge in [0.2, 0.25) is 10.9 Å². The molecule has 1 heterocycles. The Hall–Kier alpha value is -1.87. The molecule has 0 unspecified atom stereocenters. The molecule has 1 aromatic heterocycles. The first-order chi connectivity index (χ1) is 6.59. The topological polar surface area (TPSA) is 93.3 Å². The average molecular weight is 210 g/mol. The van der Waals surface area contributed by atoms with Crippen LogP contribution < -0.4 is 5.73 Å². The number of nitrogens with zero attached hydrogens (tertiary/aromatic N) is 1. The summed E-state index contributed by atoms with van der Waals surface area (Å²) in [6.45, 7) is 0. The van der Waals surface area contributed by atoms with Gasteiger partial charge in [-0.3, -0.25) is 4.79 Å². The van der Waals surface area contributed by atoms with E-state index in [0.29, 0.717) is 5.69 Å². The summed E-state index contributed by atoms with van der Waals surface area (Å²) in [5, 5.41) is 10.0. The van der Waals surface area contributed by atoms with Gasteiger partial charge in [0.15, 0.2) is 0 Å². The molecule has 0 radical (unpaired) electrons. The van der Waals surface area contributed by atoms with Crippen LogP contribution in [0.3, 0.4) is 0 Å². The second-order valence-corrected chi connectivity index (χ2v) is 3.15. The minimum atomic E-state index is -1.09. The van der Waals surface area contributed by atoms with Crippen LogP contribution in [0.15, 0.2) is 5.38 Å². The lowest BCUT2D eigenvalue weighted by atomic mass is 10.4. The Morgan fingerprint density at radius 3 is 2.86 bits per heavy atom. The standard InChI is InChI=1S/C8H6N2O3S/c9-6(11)3-1-2-5-4-14-7(10-5)8(12)13/h4H,3H2,(H2,9,11)(H,12,13). The Kier molecular flexibility index (Phi) is 3.20. The first-order valence-electron chi connectivity index (χ1n) is 3.55. The highest BCUT2D eigenvalue weighted by Crippen LogP contribution is 2.08. The van der Waals surface area contributed by atoms with Crippen LogP contribution in [0.25, 0.3) is 0 Å². The molecular weight excluding hydrogens is 204 g/mol. The van der Waals surface area contributed by atoms with Crippen LogP contribution in [0.4, 0.5) is 0 Å². The number of carboxylic acid groups (broad SMARTS) is 1. The van der Waals surface area contributed by atoms with E-state index in [-0.39, 0.29) is 11.4 Å². The predicted octanol–water partition coefficient (Wildman–Crippen LogP) is 0.0682. The van der Waals surface area contributed by atoms with Gasteiger partial charge in [-0.15, -0.1) is 11.3 Å². The number of carbonyl (C=O) groups excluding carboxylic acids is 1. The maximum Gasteiger partial charge on any atom is 0.365 e. The van der Waals surface area contributed by atoms with E-state index in [1.165, 1.54) is 5.38 Å². The van der Waals surface area contributed by atoms with Crippen molar-refractivity contribution in [1.29, 1.82) is 0 Å². The molecule has 0 aliphatic rings. The van der Waals surface area contributed by atoms with E-state index in [1.807, 2.05) is 0 Å². The summed E-state index contributed by atoms with van der Waals surface area (Å²) in [5.74, 6) is 3.41. The van der Waals surface area contributed by atoms with Gasteiger partial charge in [-0.25, -0.2) is 9.78 Å². The van der Waals surface area contributed by atoms with Crippen LogP contribution in [0.5, 0.6) is 0 Å². The third-order valence-electron chi connectivity index (χ3n) is 1.17. The molecule has 0 aliphatic heterocycles. The molecule has 6 heteroatoms. The number of aromatic carboxylic acids is 1. The summed E-state index contributed by atoms with van der Waals surface area (Å²) >= 11 is 0.987. The third kappa shape index (κ3) is 2.88. The van der Waals surface area contributed by atoms with Crippen LogP contribution in [0, 0.1) is 11.8 Å². The molecule has 0 bridgehead atoms. The van der Waals surface area contributed by atoms with Crippen molar-refractivity contribution in [3.05, 3.63) is 16.1 Å². The minimum Gasteiger partial charge on any atom is -0.476 e. The maximum atomic E-state index is 10.4. The lowest BCUT2D eigenvalue weighted by Gasteiger charge is -1.80. The maximum absolute atomic E-state index is 10.4. The molecule has 5 nitrogen and oxygen atoms in total. The number of thiazole rings is 1. The molecule has 14 heavy (non-hydrogen) atoms. The molecule has 1 aromatic rings. The molecule has 1 rings (SSSR count). The van der Waals surface area contributed by atoms with Crippen molar-refractivity contribution in [2.45, 2.75) is 6.42 Å². The van der Waals surface area contributed by atoms with Crippen LogP contribution in [0.1, 0.15) is 21.9 Å². The zero-order valence-corrected chi connectivity index (χ0v) is 7.80. The Balaban J connectivity index is 2.71. The van der Waals surface area contributed by atoms with E-state index in [9.17, 15) is 9.59 Å². The fourth-order valence-corrected chi connectivity index (χ4v) is 1.24. The van der Waals surface area contributed by atoms with Crippen LogP contribution in [-0.4, -0.2) is 22.0 Å². The van der Waals surface area contributed by atoms with Gasteiger partial charge in [0.25, 0.3) is 0 Å². The Labute approximate surface area is 83.6 Å². The van der Waals surface area contributed by atoms with E-state index in [4.69, 9.17) is 10.8 Å². The quantitative estimate of drug-likeness (QED) is 0.675. The number of aromatic nitrogens is 1. The normalized spacial score (nSPS) is 8.86. The highest BCUT2D eigenvalue weighted by molar-refractivity contribution is 7.11. The second-order valence-electron chi connectivity index (χ2n) is 2.29. The van der Waals surface area contributed by atoms with Crippen molar-refractivity contribution in [1.82, 2.24) is 4.98 Å². The fraction of sp³-hybridized carbons (Fsp3) is 0.125. The molecule has 3 N–H and O–H groups in total. The number of amides is 1. The third-order valence-corrected chi connectivity index (χ3v) is 2.00. The average Bonchev–Trinajstić information content (AvgIpc) is 2.52. The molecule has 0 aromatic carbocycles. The van der Waals surface area contributed by atoms with Crippen molar-refractivity contribution >= 4 is 23.2 Å². The number of carboxylic acids is 1. The number of nitrogens with two attached hydrogens (primary N) is 1. The Bertz CT molecular complexity index is 427. The first-order valence-corrected chi connectivity index (χ1v) is 4.43. The molecule has 0 fully saturated rings. The highest BCUT2D eigenvalue weighted by atomic mass is 32.1. The highest BCUT2D eigenvalue weighted by Gasteiger charge is 2.06. The summed E-state index contributed by atoms with van der Waals surface area (Å²) in [4.78, 5) is 24.4. The van der Waals surface area contributed by atoms with Crippen LogP contribution in [0.2, 0.25) is 0 Å². The monoisotopic (exact) mass is 210 g/mol. The van der Waals surface area contributed by atoms with Gasteiger partial charge in [0.05, 0.1) is 6.42 Å². The molecule has 0 spiro atoms. The van der Waals surface area contributed by atoms with Crippen molar-refractivity contribution in [2.24, 2.45) is 5.73 Å². The van der Waals surface area contributed by atoms with Gasteiger partial charge in [0, 0.05) is 5.38 Å². The Morgan fingerprint density at radius 1 is 1.64 bits per heavy atom. The zero-order chi connectivity index (χ0) is 10.6. The van der Waals surface area contributed by atoms with E-state index in [1.54, 1.807) is 0 Å². The van der Waals surface area contributed by atoms with E-state index in [0.717, 1.165) is 11.3 Å². The summed E-state index contributed by atoms with van der Waals surface area (Å²) in [5.41, 5.74) is 5.20. The SMILES string of the molecule is NC(=O)CC#Cc1csc(C(=O)O)n1. The minimum absolute atomic E-state index is 0.0200. The second kappa shape index (κ2) is 4.39. The number of rotatable bonds is 2. The number of hydrogen-bond acceptors (Lipinski definition) is 4. The van der Waals surface area contributed by atoms with Gasteiger partial charge in [0.1, 0.15) is 5.69 Å². The molecule has 0 atom stereocenters. The lowest BCUT2D eigenvalue weighted by molar-refractivity contribution is -0.117. The van der Waals surface area contributed by atoms with Crippen molar-refractivity contribution in [2.75, 3.05) is 0 Å². The van der Waals surface area contributed by atoms with Gasteiger partial charge in [-0.05, 0) is 5.92 Å². The lowest BCUT2D eigenvalue weighted by Crippen LogP contribution is -2.08. The number of carbonyl (C=O) groups is 2. The largest absolute Gasteiger partial charge is 0.476 e. The van der Waals surface area contributed by atoms with E-state index < -0.39 is 11.9 Å². The summed E-state index contributed by atoms with van der Waals surface area (Å²) in [7, 11) is 0. The van der Waals surface area contributed by atoms with Crippen molar-refractivity contribution in [3.63, 3.8) is 0 Å². The molecule has 0 saturated carbocycles. The molecule has 1 amide bonds. The first kappa shape index (κ1) is 10.2. The van der Waals surface area contributed by atoms with Crippen LogP contribution >= 0.6 is 11.3 Å². The molecular formula is C8H6N2O3S. The zero-order valence-electron chi connectivity index (χ0n) is 6.98. The number of hydrogen-bond donors (Lipinski definition) is 2. The fourth-order valence-electron chi connectivity index (χ4n) is 0.651. The van der Waals surface area contributed by atoms with Crippen LogP contribution in [-0.2, 0) is 4.79 Å². The van der Waals surface area contributed by atoms with Gasteiger partial charge < -0.3 is 10.8 Å². The van der Waals surface area contributed by atoms with Gasteiger partial charge in [-0.1, -0.05) is 5.92 Å². The number of primary amides is 1. The molecule has 0 aliphatic carbocycles. The predicted molar refractivity (Wildman–Crippen MR) is 49.8 cm³/mol.